The Hall–Kier alpha value is -1.78. The molecule has 2 aromatic carbocycles. The van der Waals surface area contributed by atoms with Gasteiger partial charge in [0.25, 0.3) is 0 Å². The van der Waals surface area contributed by atoms with Crippen molar-refractivity contribution >= 4 is 8.19 Å². The monoisotopic (exact) mass is 235 g/mol. The molecule has 0 aliphatic heterocycles. The van der Waals surface area contributed by atoms with Crippen LogP contribution in [0.5, 0.6) is 0 Å². The maximum absolute atomic E-state index is 2.22. The summed E-state index contributed by atoms with van der Waals surface area (Å²) in [7, 11) is 1.30. The molecule has 0 atom stereocenters. The lowest BCUT2D eigenvalue weighted by Gasteiger charge is -2.10. The fourth-order valence-corrected chi connectivity index (χ4v) is 3.02. The van der Waals surface area contributed by atoms with Crippen molar-refractivity contribution in [3.8, 4) is 21.7 Å². The first-order chi connectivity index (χ1) is 8.43. The topological polar surface area (TPSA) is 0 Å². The van der Waals surface area contributed by atoms with Crippen molar-refractivity contribution in [2.75, 3.05) is 0 Å². The molecule has 17 heavy (non-hydrogen) atoms. The molecule has 0 N–H and O–H groups in total. The molecule has 0 aliphatic rings. The number of hydrogen-bond acceptors (Lipinski definition) is 0. The molecule has 0 fully saturated rings. The van der Waals surface area contributed by atoms with E-state index >= 15 is 0 Å². The Morgan fingerprint density at radius 3 is 1.29 bits per heavy atom. The lowest BCUT2D eigenvalue weighted by Crippen LogP contribution is -1.67. The van der Waals surface area contributed by atoms with Crippen LogP contribution in [0.1, 0.15) is 0 Å². The highest BCUT2D eigenvalue weighted by Gasteiger charge is 1.92. The minimum atomic E-state index is 1.30. The van der Waals surface area contributed by atoms with Gasteiger partial charge in [0.05, 0.1) is 0 Å². The molecule has 3 rings (SSSR count). The van der Waals surface area contributed by atoms with Crippen LogP contribution in [-0.2, 0) is 0 Å². The first-order valence-electron chi connectivity index (χ1n) is 5.68. The number of hydrogen-bond donors (Lipinski definition) is 0. The van der Waals surface area contributed by atoms with Gasteiger partial charge in [-0.1, -0.05) is 83.9 Å². The maximum atomic E-state index is 2.22. The van der Waals surface area contributed by atoms with Crippen molar-refractivity contribution in [2.24, 2.45) is 0 Å². The second-order valence-corrected chi connectivity index (χ2v) is 5.13. The molecule has 0 spiro atoms. The quantitative estimate of drug-likeness (QED) is 0.564. The fraction of sp³-hybridized carbons (Fsp3) is 0. The van der Waals surface area contributed by atoms with Crippen LogP contribution in [0.15, 0.2) is 72.8 Å². The molecule has 0 amide bonds. The lowest BCUT2D eigenvalue weighted by atomic mass is 10.2. The van der Waals surface area contributed by atoms with Crippen LogP contribution in [0.25, 0.3) is 21.7 Å². The van der Waals surface area contributed by atoms with Gasteiger partial charge in [0.2, 0.25) is 0 Å². The molecule has 0 nitrogen and oxygen atoms in total. The maximum Gasteiger partial charge on any atom is -0.0500 e. The summed E-state index contributed by atoms with van der Waals surface area (Å²) in [6.45, 7) is 0. The van der Waals surface area contributed by atoms with Gasteiger partial charge < -0.3 is 8.19 Å². The standard InChI is InChI=1S/C16H12P/c1-3-7-13(8-4-1)15-11-12-16(17-15)14-9-5-2-6-10-14/h1-12H/q-1. The van der Waals surface area contributed by atoms with Gasteiger partial charge in [0, 0.05) is 0 Å². The summed E-state index contributed by atoms with van der Waals surface area (Å²) in [6, 6.07) is 25.6. The largest absolute Gasteiger partial charge is 0.514 e. The Labute approximate surface area is 103 Å². The van der Waals surface area contributed by atoms with E-state index in [1.165, 1.54) is 29.9 Å². The molecule has 82 valence electrons. The van der Waals surface area contributed by atoms with E-state index in [2.05, 4.69) is 72.8 Å². The van der Waals surface area contributed by atoms with Crippen LogP contribution >= 0.6 is 8.19 Å². The van der Waals surface area contributed by atoms with Crippen molar-refractivity contribution in [3.63, 3.8) is 0 Å². The summed E-state index contributed by atoms with van der Waals surface area (Å²) in [5.74, 6) is 0. The fourth-order valence-electron chi connectivity index (χ4n) is 1.90. The van der Waals surface area contributed by atoms with Gasteiger partial charge in [-0.15, -0.1) is 0 Å². The Balaban J connectivity index is 1.99. The molecule has 0 unspecified atom stereocenters. The molecular weight excluding hydrogens is 223 g/mol. The zero-order chi connectivity index (χ0) is 11.5. The number of rotatable bonds is 2. The Bertz CT molecular complexity index is 540. The van der Waals surface area contributed by atoms with E-state index in [0.29, 0.717) is 0 Å². The van der Waals surface area contributed by atoms with Crippen LogP contribution < -0.4 is 0 Å². The molecule has 0 saturated heterocycles. The normalized spacial score (nSPS) is 10.4. The third-order valence-corrected chi connectivity index (χ3v) is 4.08. The van der Waals surface area contributed by atoms with Crippen LogP contribution in [0, 0.1) is 0 Å². The molecule has 0 aliphatic carbocycles. The van der Waals surface area contributed by atoms with Crippen molar-refractivity contribution in [3.05, 3.63) is 72.8 Å². The molecule has 0 radical (unpaired) electrons. The molecule has 1 heterocycles. The second kappa shape index (κ2) is 4.61. The van der Waals surface area contributed by atoms with Gasteiger partial charge in [-0.2, -0.15) is 10.6 Å². The van der Waals surface area contributed by atoms with E-state index in [0.717, 1.165) is 0 Å². The average molecular weight is 235 g/mol. The molecule has 0 bridgehead atoms. The second-order valence-electron chi connectivity index (χ2n) is 3.95. The summed E-state index contributed by atoms with van der Waals surface area (Å²) in [5, 5.41) is 2.76. The summed E-state index contributed by atoms with van der Waals surface area (Å²) >= 11 is 0. The SMILES string of the molecule is c1ccc(-c2ccc(-c3ccccc3)[p-]2)cc1. The smallest absolute Gasteiger partial charge is 0.0500 e. The third-order valence-electron chi connectivity index (χ3n) is 2.78. The summed E-state index contributed by atoms with van der Waals surface area (Å²) < 4.78 is 0. The van der Waals surface area contributed by atoms with E-state index in [-0.39, 0.29) is 0 Å². The van der Waals surface area contributed by atoms with E-state index < -0.39 is 0 Å². The van der Waals surface area contributed by atoms with Crippen LogP contribution in [0.3, 0.4) is 0 Å². The van der Waals surface area contributed by atoms with E-state index in [4.69, 9.17) is 0 Å². The van der Waals surface area contributed by atoms with Gasteiger partial charge in [-0.3, -0.25) is 0 Å². The molecular formula is C16H12P-. The molecule has 3 aromatic rings. The van der Waals surface area contributed by atoms with Gasteiger partial charge in [-0.25, -0.2) is 0 Å². The van der Waals surface area contributed by atoms with Crippen molar-refractivity contribution in [1.29, 1.82) is 0 Å². The lowest BCUT2D eigenvalue weighted by molar-refractivity contribution is 1.69. The van der Waals surface area contributed by atoms with Crippen LogP contribution in [-0.4, -0.2) is 0 Å². The molecule has 1 aromatic heterocycles. The van der Waals surface area contributed by atoms with E-state index in [9.17, 15) is 0 Å². The average Bonchev–Trinajstić information content (AvgIpc) is 2.90. The predicted molar refractivity (Wildman–Crippen MR) is 75.4 cm³/mol. The van der Waals surface area contributed by atoms with E-state index in [1.54, 1.807) is 0 Å². The molecule has 1 heteroatoms. The van der Waals surface area contributed by atoms with Gasteiger partial charge in [0.15, 0.2) is 0 Å². The minimum Gasteiger partial charge on any atom is -0.514 e. The van der Waals surface area contributed by atoms with Gasteiger partial charge in [0.1, 0.15) is 0 Å². The Kier molecular flexibility index (Phi) is 2.81. The Morgan fingerprint density at radius 2 is 0.882 bits per heavy atom. The number of benzene rings is 2. The zero-order valence-corrected chi connectivity index (χ0v) is 10.3. The summed E-state index contributed by atoms with van der Waals surface area (Å²) in [6.07, 6.45) is 0. The van der Waals surface area contributed by atoms with Crippen molar-refractivity contribution in [2.45, 2.75) is 0 Å². The first kappa shape index (κ1) is 10.4. The predicted octanol–water partition coefficient (Wildman–Crippen LogP) is 5.32. The highest BCUT2D eigenvalue weighted by Crippen LogP contribution is 2.38. The van der Waals surface area contributed by atoms with Crippen molar-refractivity contribution in [1.82, 2.24) is 0 Å². The van der Waals surface area contributed by atoms with E-state index in [1.807, 2.05) is 0 Å². The summed E-state index contributed by atoms with van der Waals surface area (Å²) in [4.78, 5) is 0. The highest BCUT2D eigenvalue weighted by molar-refractivity contribution is 7.37. The van der Waals surface area contributed by atoms with Crippen molar-refractivity contribution < 1.29 is 0 Å². The minimum absolute atomic E-state index is 1.30. The highest BCUT2D eigenvalue weighted by atomic mass is 31.0. The Morgan fingerprint density at radius 1 is 0.471 bits per heavy atom. The zero-order valence-electron chi connectivity index (χ0n) is 9.38. The van der Waals surface area contributed by atoms with Gasteiger partial charge in [-0.05, 0) is 0 Å². The van der Waals surface area contributed by atoms with Gasteiger partial charge >= 0.3 is 0 Å². The third kappa shape index (κ3) is 2.18. The van der Waals surface area contributed by atoms with Crippen LogP contribution in [0.2, 0.25) is 0 Å². The summed E-state index contributed by atoms with van der Waals surface area (Å²) in [5.41, 5.74) is 2.63. The first-order valence-corrected chi connectivity index (χ1v) is 6.57. The van der Waals surface area contributed by atoms with Crippen LogP contribution in [0.4, 0.5) is 0 Å². The molecule has 0 saturated carbocycles.